The molecule has 4 atom stereocenters. The summed E-state index contributed by atoms with van der Waals surface area (Å²) in [5.74, 6) is -2.67. The molecule has 4 heterocycles. The zero-order chi connectivity index (χ0) is 24.1. The van der Waals surface area contributed by atoms with Gasteiger partial charge in [-0.05, 0) is 56.5 Å². The maximum atomic E-state index is 14.0. The topological polar surface area (TPSA) is 113 Å². The number of fused-ring (bicyclic) bond motifs is 7. The van der Waals surface area contributed by atoms with Crippen molar-refractivity contribution in [1.82, 2.24) is 4.90 Å². The van der Waals surface area contributed by atoms with E-state index in [9.17, 15) is 24.5 Å². The first kappa shape index (κ1) is 21.2. The molecule has 0 unspecified atom stereocenters. The number of nitro benzene ring substituents is 1. The third kappa shape index (κ3) is 2.35. The lowest BCUT2D eigenvalue weighted by Crippen LogP contribution is -2.54. The first-order chi connectivity index (χ1) is 16.2. The summed E-state index contributed by atoms with van der Waals surface area (Å²) in [6.07, 6.45) is 1.53. The molecule has 3 saturated heterocycles. The Bertz CT molecular complexity index is 1340. The number of nitro groups is 1. The minimum absolute atomic E-state index is 0.115. The van der Waals surface area contributed by atoms with E-state index in [2.05, 4.69) is 5.32 Å². The number of hydrogen-bond acceptors (Lipinski definition) is 6. The number of nitrogens with one attached hydrogen (secondary N) is 1. The molecule has 1 N–H and O–H groups in total. The number of nitrogens with zero attached hydrogens (tertiary/aromatic N) is 3. The van der Waals surface area contributed by atoms with E-state index in [1.165, 1.54) is 18.2 Å². The second kappa shape index (κ2) is 6.86. The molecule has 1 spiro atoms. The number of non-ortho nitro benzene ring substituents is 1. The Balaban J connectivity index is 1.54. The molecule has 6 rings (SSSR count). The third-order valence-corrected chi connectivity index (χ3v) is 8.40. The highest BCUT2D eigenvalue weighted by Gasteiger charge is 2.74. The summed E-state index contributed by atoms with van der Waals surface area (Å²) in [6.45, 7) is 4.07. The highest BCUT2D eigenvalue weighted by Crippen LogP contribution is 2.61. The first-order valence-electron chi connectivity index (χ1n) is 11.2. The molecule has 0 radical (unpaired) electrons. The Morgan fingerprint density at radius 1 is 1.15 bits per heavy atom. The Hall–Kier alpha value is -3.30. The largest absolute Gasteiger partial charge is 0.324 e. The zero-order valence-corrected chi connectivity index (χ0v) is 19.3. The Kier molecular flexibility index (Phi) is 4.29. The van der Waals surface area contributed by atoms with Crippen LogP contribution in [0.15, 0.2) is 30.3 Å². The lowest BCUT2D eigenvalue weighted by molar-refractivity contribution is -0.384. The van der Waals surface area contributed by atoms with Crippen molar-refractivity contribution in [3.05, 3.63) is 62.2 Å². The number of anilines is 2. The van der Waals surface area contributed by atoms with Crippen LogP contribution >= 0.6 is 11.6 Å². The highest BCUT2D eigenvalue weighted by molar-refractivity contribution is 6.32. The SMILES string of the molecule is Cc1cc([N+](=O)[O-])ccc1N1C(=O)[C@@H]2[C@@H]3CCCN3[C@@]3(C(=O)Nc4c3ccc(Cl)c4C)[C@H]2C1=O. The van der Waals surface area contributed by atoms with Gasteiger partial charge in [0.15, 0.2) is 0 Å². The van der Waals surface area contributed by atoms with Crippen LogP contribution in [0.1, 0.15) is 29.5 Å². The van der Waals surface area contributed by atoms with Crippen LogP contribution < -0.4 is 10.2 Å². The monoisotopic (exact) mass is 480 g/mol. The zero-order valence-electron chi connectivity index (χ0n) is 18.5. The van der Waals surface area contributed by atoms with Crippen LogP contribution in [0.4, 0.5) is 17.1 Å². The van der Waals surface area contributed by atoms with Crippen LogP contribution in [0.3, 0.4) is 0 Å². The second-order valence-corrected chi connectivity index (χ2v) is 9.87. The van der Waals surface area contributed by atoms with Gasteiger partial charge in [-0.25, -0.2) is 4.90 Å². The summed E-state index contributed by atoms with van der Waals surface area (Å²) in [5.41, 5.74) is 1.38. The molecule has 0 aromatic heterocycles. The predicted molar refractivity (Wildman–Crippen MR) is 124 cm³/mol. The van der Waals surface area contributed by atoms with Crippen molar-refractivity contribution in [2.24, 2.45) is 11.8 Å². The fourth-order valence-corrected chi connectivity index (χ4v) is 6.79. The Morgan fingerprint density at radius 3 is 2.62 bits per heavy atom. The molecule has 0 aliphatic carbocycles. The molecule has 174 valence electrons. The van der Waals surface area contributed by atoms with Gasteiger partial charge in [-0.2, -0.15) is 0 Å². The van der Waals surface area contributed by atoms with Crippen molar-refractivity contribution in [3.8, 4) is 0 Å². The Labute approximate surface area is 199 Å². The maximum absolute atomic E-state index is 14.0. The summed E-state index contributed by atoms with van der Waals surface area (Å²) >= 11 is 6.32. The predicted octanol–water partition coefficient (Wildman–Crippen LogP) is 3.30. The molecule has 3 fully saturated rings. The molecule has 9 nitrogen and oxygen atoms in total. The molecule has 0 bridgehead atoms. The highest BCUT2D eigenvalue weighted by atomic mass is 35.5. The van der Waals surface area contributed by atoms with Crippen molar-refractivity contribution in [2.75, 3.05) is 16.8 Å². The summed E-state index contributed by atoms with van der Waals surface area (Å²) < 4.78 is 0. The van der Waals surface area contributed by atoms with E-state index in [-0.39, 0.29) is 23.5 Å². The Morgan fingerprint density at radius 2 is 1.91 bits per heavy atom. The van der Waals surface area contributed by atoms with Gasteiger partial charge in [-0.15, -0.1) is 0 Å². The quantitative estimate of drug-likeness (QED) is 0.401. The number of aryl methyl sites for hydroxylation is 1. The van der Waals surface area contributed by atoms with Crippen molar-refractivity contribution in [1.29, 1.82) is 0 Å². The minimum Gasteiger partial charge on any atom is -0.324 e. The fourth-order valence-electron chi connectivity index (χ4n) is 6.63. The van der Waals surface area contributed by atoms with E-state index in [0.717, 1.165) is 16.9 Å². The number of imide groups is 1. The number of benzene rings is 2. The van der Waals surface area contributed by atoms with Gasteiger partial charge >= 0.3 is 0 Å². The van der Waals surface area contributed by atoms with Gasteiger partial charge in [-0.1, -0.05) is 17.7 Å². The standard InChI is InChI=1S/C24H21ClN4O5/c1-11-10-13(29(33)34)5-8-16(11)28-21(30)18-17-4-3-9-27(17)24(19(18)22(28)31)14-6-7-15(25)12(2)20(14)26-23(24)32/h5-8,10,17-19H,3-4,9H2,1-2H3,(H,26,32)/t17-,18+,19+,24+/m0/s1. The van der Waals surface area contributed by atoms with Crippen LogP contribution in [0.2, 0.25) is 5.02 Å². The average Bonchev–Trinajstić information content (AvgIpc) is 3.50. The molecular weight excluding hydrogens is 460 g/mol. The van der Waals surface area contributed by atoms with Gasteiger partial charge in [0.25, 0.3) is 5.69 Å². The lowest BCUT2D eigenvalue weighted by atomic mass is 9.75. The number of amides is 3. The van der Waals surface area contributed by atoms with Crippen molar-refractivity contribution >= 4 is 46.4 Å². The molecule has 34 heavy (non-hydrogen) atoms. The van der Waals surface area contributed by atoms with E-state index in [4.69, 9.17) is 11.6 Å². The number of hydrogen-bond donors (Lipinski definition) is 1. The van der Waals surface area contributed by atoms with Gasteiger partial charge < -0.3 is 5.32 Å². The first-order valence-corrected chi connectivity index (χ1v) is 11.6. The summed E-state index contributed by atoms with van der Waals surface area (Å²) in [4.78, 5) is 55.4. The van der Waals surface area contributed by atoms with Gasteiger partial charge in [0.1, 0.15) is 5.54 Å². The number of carbonyl (C=O) groups excluding carboxylic acids is 3. The number of rotatable bonds is 2. The van der Waals surface area contributed by atoms with Crippen molar-refractivity contribution < 1.29 is 19.3 Å². The van der Waals surface area contributed by atoms with Crippen LogP contribution in [0.25, 0.3) is 0 Å². The van der Waals surface area contributed by atoms with E-state index < -0.39 is 28.2 Å². The van der Waals surface area contributed by atoms with Crippen molar-refractivity contribution in [3.63, 3.8) is 0 Å². The number of carbonyl (C=O) groups is 3. The van der Waals surface area contributed by atoms with Crippen molar-refractivity contribution in [2.45, 2.75) is 38.3 Å². The van der Waals surface area contributed by atoms with Gasteiger partial charge in [-0.3, -0.25) is 29.4 Å². The van der Waals surface area contributed by atoms with Crippen LogP contribution in [0.5, 0.6) is 0 Å². The maximum Gasteiger partial charge on any atom is 0.269 e. The minimum atomic E-state index is -1.29. The van der Waals surface area contributed by atoms with Gasteiger partial charge in [0.2, 0.25) is 17.7 Å². The van der Waals surface area contributed by atoms with E-state index in [1.54, 1.807) is 19.1 Å². The molecule has 2 aromatic carbocycles. The molecule has 10 heteroatoms. The van der Waals surface area contributed by atoms with Crippen LogP contribution in [-0.2, 0) is 19.9 Å². The summed E-state index contributed by atoms with van der Waals surface area (Å²) in [7, 11) is 0. The smallest absolute Gasteiger partial charge is 0.269 e. The second-order valence-electron chi connectivity index (χ2n) is 9.46. The lowest BCUT2D eigenvalue weighted by Gasteiger charge is -2.36. The summed E-state index contributed by atoms with van der Waals surface area (Å²) in [6, 6.07) is 7.36. The van der Waals surface area contributed by atoms with E-state index in [1.807, 2.05) is 11.8 Å². The molecule has 4 aliphatic heterocycles. The fraction of sp³-hybridized carbons (Fsp3) is 0.375. The van der Waals surface area contributed by atoms with Gasteiger partial charge in [0, 0.05) is 28.8 Å². The normalized spacial score (nSPS) is 29.6. The van der Waals surface area contributed by atoms with E-state index in [0.29, 0.717) is 40.5 Å². The molecule has 0 saturated carbocycles. The van der Waals surface area contributed by atoms with Crippen LogP contribution in [-0.4, -0.2) is 40.1 Å². The van der Waals surface area contributed by atoms with Gasteiger partial charge in [0.05, 0.1) is 28.1 Å². The molecular formula is C24H21ClN4O5. The average molecular weight is 481 g/mol. The molecule has 2 aromatic rings. The van der Waals surface area contributed by atoms with E-state index >= 15 is 0 Å². The third-order valence-electron chi connectivity index (χ3n) is 7.99. The van der Waals surface area contributed by atoms with Crippen LogP contribution in [0, 0.1) is 35.8 Å². The molecule has 3 amide bonds. The number of halogens is 1. The molecule has 4 aliphatic rings. The summed E-state index contributed by atoms with van der Waals surface area (Å²) in [5, 5.41) is 14.7.